The highest BCUT2D eigenvalue weighted by molar-refractivity contribution is 7.08. The van der Waals surface area contributed by atoms with Crippen LogP contribution in [-0.2, 0) is 6.42 Å². The first kappa shape index (κ1) is 13.4. The van der Waals surface area contributed by atoms with Crippen LogP contribution in [0.4, 0.5) is 0 Å². The quantitative estimate of drug-likeness (QED) is 0.879. The lowest BCUT2D eigenvalue weighted by molar-refractivity contribution is -0.0108. The number of nitrogens with zero attached hydrogens (tertiary/aromatic N) is 3. The largest absolute Gasteiger partial charge is 0.388 e. The topological polar surface area (TPSA) is 66.3 Å². The minimum atomic E-state index is -0.854. The van der Waals surface area contributed by atoms with Crippen LogP contribution >= 0.6 is 11.5 Å². The van der Waals surface area contributed by atoms with Crippen LogP contribution in [-0.4, -0.2) is 44.2 Å². The third-order valence-corrected chi connectivity index (χ3v) is 4.67. The normalized spacial score (nSPS) is 26.6. The summed E-state index contributed by atoms with van der Waals surface area (Å²) in [5, 5.41) is 14.3. The summed E-state index contributed by atoms with van der Waals surface area (Å²) in [6, 6.07) is 0. The molecule has 6 heteroatoms. The Morgan fingerprint density at radius 1 is 1.44 bits per heavy atom. The van der Waals surface area contributed by atoms with Crippen LogP contribution in [0.1, 0.15) is 43.1 Å². The molecular weight excluding hydrogens is 250 g/mol. The van der Waals surface area contributed by atoms with Crippen LogP contribution < -0.4 is 0 Å². The molecule has 1 amide bonds. The Morgan fingerprint density at radius 3 is 2.61 bits per heavy atom. The van der Waals surface area contributed by atoms with E-state index < -0.39 is 5.60 Å². The number of hydrogen-bond donors (Lipinski definition) is 1. The van der Waals surface area contributed by atoms with Crippen molar-refractivity contribution in [3.05, 3.63) is 10.6 Å². The molecule has 1 aliphatic heterocycles. The minimum Gasteiger partial charge on any atom is -0.388 e. The summed E-state index contributed by atoms with van der Waals surface area (Å²) in [5.41, 5.74) is -0.408. The van der Waals surface area contributed by atoms with E-state index in [4.69, 9.17) is 0 Å². The average molecular weight is 269 g/mol. The monoisotopic (exact) mass is 269 g/mol. The summed E-state index contributed by atoms with van der Waals surface area (Å²) in [4.78, 5) is 14.7. The molecule has 0 saturated carbocycles. The molecule has 5 nitrogen and oxygen atoms in total. The highest BCUT2D eigenvalue weighted by Gasteiger charge is 2.49. The van der Waals surface area contributed by atoms with Gasteiger partial charge in [-0.3, -0.25) is 4.79 Å². The van der Waals surface area contributed by atoms with Crippen molar-refractivity contribution < 1.29 is 9.90 Å². The van der Waals surface area contributed by atoms with E-state index in [9.17, 15) is 9.90 Å². The molecule has 1 atom stereocenters. The van der Waals surface area contributed by atoms with E-state index in [0.29, 0.717) is 24.4 Å². The van der Waals surface area contributed by atoms with Gasteiger partial charge in [-0.05, 0) is 24.9 Å². The number of aryl methyl sites for hydroxylation is 1. The molecule has 0 aromatic carbocycles. The maximum absolute atomic E-state index is 12.4. The standard InChI is InChI=1S/C12H19N3O2S/c1-5-8-9(18-14-13-8)10(16)15-6-11(2,3)12(4,17)7-15/h17H,5-7H2,1-4H3/t12-/m0/s1. The molecule has 0 radical (unpaired) electrons. The van der Waals surface area contributed by atoms with Crippen molar-refractivity contribution in [2.24, 2.45) is 5.41 Å². The second-order valence-corrected chi connectivity index (χ2v) is 6.48. The highest BCUT2D eigenvalue weighted by Crippen LogP contribution is 2.39. The molecule has 1 N–H and O–H groups in total. The Kier molecular flexibility index (Phi) is 3.19. The Bertz CT molecular complexity index is 452. The maximum atomic E-state index is 12.4. The zero-order valence-corrected chi connectivity index (χ0v) is 12.0. The molecule has 1 saturated heterocycles. The van der Waals surface area contributed by atoms with Crippen molar-refractivity contribution in [3.8, 4) is 0 Å². The molecular formula is C12H19N3O2S. The molecule has 1 fully saturated rings. The van der Waals surface area contributed by atoms with Gasteiger partial charge in [-0.1, -0.05) is 25.3 Å². The number of amides is 1. The minimum absolute atomic E-state index is 0.0623. The van der Waals surface area contributed by atoms with E-state index in [1.165, 1.54) is 0 Å². The lowest BCUT2D eigenvalue weighted by Crippen LogP contribution is -2.40. The summed E-state index contributed by atoms with van der Waals surface area (Å²) < 4.78 is 3.84. The number of β-amino-alcohol motifs (C(OH)–C–C–N with tert-alkyl or cyclic N) is 1. The van der Waals surface area contributed by atoms with Gasteiger partial charge in [-0.25, -0.2) is 0 Å². The number of aromatic nitrogens is 2. The first-order valence-electron chi connectivity index (χ1n) is 6.11. The summed E-state index contributed by atoms with van der Waals surface area (Å²) >= 11 is 1.14. The Labute approximate surface area is 111 Å². The fourth-order valence-corrected chi connectivity index (χ4v) is 2.90. The van der Waals surface area contributed by atoms with Gasteiger partial charge in [0.15, 0.2) is 0 Å². The van der Waals surface area contributed by atoms with E-state index in [0.717, 1.165) is 17.2 Å². The van der Waals surface area contributed by atoms with Gasteiger partial charge in [0, 0.05) is 12.0 Å². The molecule has 0 unspecified atom stereocenters. The van der Waals surface area contributed by atoms with E-state index in [-0.39, 0.29) is 11.3 Å². The van der Waals surface area contributed by atoms with E-state index >= 15 is 0 Å². The van der Waals surface area contributed by atoms with Crippen LogP contribution in [0.2, 0.25) is 0 Å². The Morgan fingerprint density at radius 2 is 2.11 bits per heavy atom. The Hall–Kier alpha value is -1.01. The summed E-state index contributed by atoms with van der Waals surface area (Å²) in [6.07, 6.45) is 0.700. The lowest BCUT2D eigenvalue weighted by Gasteiger charge is -2.30. The molecule has 2 rings (SSSR count). The smallest absolute Gasteiger partial charge is 0.267 e. The number of likely N-dealkylation sites (tertiary alicyclic amines) is 1. The molecule has 1 aromatic rings. The van der Waals surface area contributed by atoms with Gasteiger partial charge >= 0.3 is 0 Å². The summed E-state index contributed by atoms with van der Waals surface area (Å²) in [7, 11) is 0. The molecule has 2 heterocycles. The predicted molar refractivity (Wildman–Crippen MR) is 69.6 cm³/mol. The fourth-order valence-electron chi connectivity index (χ4n) is 2.18. The van der Waals surface area contributed by atoms with Crippen molar-refractivity contribution >= 4 is 17.4 Å². The van der Waals surface area contributed by atoms with Gasteiger partial charge in [-0.15, -0.1) is 5.10 Å². The van der Waals surface area contributed by atoms with Crippen LogP contribution in [0.3, 0.4) is 0 Å². The van der Waals surface area contributed by atoms with Crippen molar-refractivity contribution in [1.82, 2.24) is 14.5 Å². The number of carbonyl (C=O) groups is 1. The van der Waals surface area contributed by atoms with Gasteiger partial charge in [0.1, 0.15) is 4.88 Å². The second kappa shape index (κ2) is 4.28. The van der Waals surface area contributed by atoms with Crippen LogP contribution in [0, 0.1) is 5.41 Å². The lowest BCUT2D eigenvalue weighted by atomic mass is 9.79. The van der Waals surface area contributed by atoms with Crippen molar-refractivity contribution in [2.45, 2.75) is 39.7 Å². The van der Waals surface area contributed by atoms with Crippen molar-refractivity contribution in [1.29, 1.82) is 0 Å². The highest BCUT2D eigenvalue weighted by atomic mass is 32.1. The molecule has 0 bridgehead atoms. The molecule has 0 aliphatic carbocycles. The van der Waals surface area contributed by atoms with Gasteiger partial charge in [0.05, 0.1) is 17.8 Å². The van der Waals surface area contributed by atoms with Crippen LogP contribution in [0.15, 0.2) is 0 Å². The zero-order chi connectivity index (χ0) is 13.6. The number of carbonyl (C=O) groups excluding carboxylic acids is 1. The first-order chi connectivity index (χ1) is 8.28. The second-order valence-electron chi connectivity index (χ2n) is 5.72. The molecule has 1 aliphatic rings. The summed E-state index contributed by atoms with van der Waals surface area (Å²) in [5.74, 6) is -0.0623. The third kappa shape index (κ3) is 2.03. The number of rotatable bonds is 2. The van der Waals surface area contributed by atoms with E-state index in [1.54, 1.807) is 11.8 Å². The first-order valence-corrected chi connectivity index (χ1v) is 6.89. The molecule has 1 aromatic heterocycles. The van der Waals surface area contributed by atoms with Crippen molar-refractivity contribution in [2.75, 3.05) is 13.1 Å². The number of aliphatic hydroxyl groups is 1. The van der Waals surface area contributed by atoms with Gasteiger partial charge in [-0.2, -0.15) is 0 Å². The third-order valence-electron chi connectivity index (χ3n) is 3.91. The van der Waals surface area contributed by atoms with Crippen molar-refractivity contribution in [3.63, 3.8) is 0 Å². The molecule has 0 spiro atoms. The molecule has 18 heavy (non-hydrogen) atoms. The Balaban J connectivity index is 2.23. The fraction of sp³-hybridized carbons (Fsp3) is 0.750. The molecule has 100 valence electrons. The average Bonchev–Trinajstić information content (AvgIpc) is 2.81. The number of hydrogen-bond acceptors (Lipinski definition) is 5. The SMILES string of the molecule is CCc1nnsc1C(=O)N1CC(C)(C)[C@@](C)(O)C1. The maximum Gasteiger partial charge on any atom is 0.267 e. The zero-order valence-electron chi connectivity index (χ0n) is 11.2. The van der Waals surface area contributed by atoms with E-state index in [1.807, 2.05) is 20.8 Å². The summed E-state index contributed by atoms with van der Waals surface area (Å²) in [6.45, 7) is 8.61. The van der Waals surface area contributed by atoms with E-state index in [2.05, 4.69) is 9.59 Å². The predicted octanol–water partition coefficient (Wildman–Crippen LogP) is 1.33. The van der Waals surface area contributed by atoms with Gasteiger partial charge in [0.25, 0.3) is 5.91 Å². The van der Waals surface area contributed by atoms with Gasteiger partial charge < -0.3 is 10.0 Å². The van der Waals surface area contributed by atoms with Crippen LogP contribution in [0.25, 0.3) is 0 Å². The van der Waals surface area contributed by atoms with Crippen LogP contribution in [0.5, 0.6) is 0 Å². The van der Waals surface area contributed by atoms with Gasteiger partial charge in [0.2, 0.25) is 0 Å².